The largest absolute Gasteiger partial charge is 0.297 e. The van der Waals surface area contributed by atoms with E-state index in [4.69, 9.17) is 0 Å². The lowest BCUT2D eigenvalue weighted by Gasteiger charge is -2.38. The molecule has 100 valence electrons. The molecule has 3 heteroatoms. The number of ketones is 1. The molecule has 1 aliphatic rings. The van der Waals surface area contributed by atoms with Gasteiger partial charge in [-0.3, -0.25) is 9.69 Å². The molecule has 0 aliphatic heterocycles. The highest BCUT2D eigenvalue weighted by atomic mass is 32.1. The smallest absolute Gasteiger partial charge is 0.157 e. The van der Waals surface area contributed by atoms with Gasteiger partial charge in [-0.2, -0.15) is 11.3 Å². The fourth-order valence-electron chi connectivity index (χ4n) is 3.03. The molecular formula is C15H23NOS. The number of rotatable bonds is 4. The Morgan fingerprint density at radius 1 is 1.28 bits per heavy atom. The van der Waals surface area contributed by atoms with Crippen LogP contribution in [0, 0.1) is 0 Å². The molecule has 2 rings (SSSR count). The van der Waals surface area contributed by atoms with Gasteiger partial charge in [-0.1, -0.05) is 25.7 Å². The van der Waals surface area contributed by atoms with Crippen LogP contribution in [0.25, 0.3) is 0 Å². The molecule has 18 heavy (non-hydrogen) atoms. The number of likely N-dealkylation sites (N-methyl/N-ethyl adjacent to an activating group) is 1. The maximum atomic E-state index is 12.7. The first-order valence-electron chi connectivity index (χ1n) is 6.87. The van der Waals surface area contributed by atoms with Gasteiger partial charge in [0.25, 0.3) is 0 Å². The van der Waals surface area contributed by atoms with Crippen LogP contribution in [0.15, 0.2) is 16.8 Å². The molecule has 1 aliphatic carbocycles. The molecule has 0 spiro atoms. The Bertz CT molecular complexity index is 375. The molecule has 0 unspecified atom stereocenters. The highest BCUT2D eigenvalue weighted by Gasteiger charge is 2.39. The topological polar surface area (TPSA) is 20.3 Å². The van der Waals surface area contributed by atoms with Crippen LogP contribution in [0.3, 0.4) is 0 Å². The third kappa shape index (κ3) is 2.83. The third-order valence-corrected chi connectivity index (χ3v) is 4.98. The van der Waals surface area contributed by atoms with Crippen molar-refractivity contribution in [2.45, 2.75) is 50.5 Å². The number of hydrogen-bond donors (Lipinski definition) is 0. The minimum Gasteiger partial charge on any atom is -0.297 e. The van der Waals surface area contributed by atoms with Crippen molar-refractivity contribution in [1.29, 1.82) is 0 Å². The first-order valence-corrected chi connectivity index (χ1v) is 7.81. The Morgan fingerprint density at radius 2 is 1.94 bits per heavy atom. The van der Waals surface area contributed by atoms with E-state index >= 15 is 0 Å². The monoisotopic (exact) mass is 265 g/mol. The van der Waals surface area contributed by atoms with Crippen molar-refractivity contribution in [1.82, 2.24) is 4.90 Å². The fraction of sp³-hybridized carbons (Fsp3) is 0.667. The Morgan fingerprint density at radius 3 is 2.44 bits per heavy atom. The molecular weight excluding hydrogens is 242 g/mol. The predicted molar refractivity (Wildman–Crippen MR) is 77.2 cm³/mol. The zero-order chi connectivity index (χ0) is 13.0. The van der Waals surface area contributed by atoms with E-state index in [2.05, 4.69) is 35.8 Å². The number of hydrogen-bond acceptors (Lipinski definition) is 3. The highest BCUT2D eigenvalue weighted by Crippen LogP contribution is 2.33. The number of thiophene rings is 1. The van der Waals surface area contributed by atoms with Gasteiger partial charge in [0, 0.05) is 6.42 Å². The molecule has 1 fully saturated rings. The summed E-state index contributed by atoms with van der Waals surface area (Å²) in [6.07, 6.45) is 7.59. The Labute approximate surface area is 114 Å². The molecule has 1 aromatic rings. The van der Waals surface area contributed by atoms with Crippen molar-refractivity contribution < 1.29 is 4.79 Å². The second kappa shape index (κ2) is 5.98. The molecule has 0 aromatic carbocycles. The summed E-state index contributed by atoms with van der Waals surface area (Å²) in [5.41, 5.74) is 0.966. The minimum absolute atomic E-state index is 0.210. The van der Waals surface area contributed by atoms with Crippen LogP contribution in [0.4, 0.5) is 0 Å². The lowest BCUT2D eigenvalue weighted by atomic mass is 9.82. The van der Waals surface area contributed by atoms with Gasteiger partial charge in [-0.05, 0) is 49.3 Å². The number of nitrogens with zero attached hydrogens (tertiary/aromatic N) is 1. The van der Waals surface area contributed by atoms with Crippen molar-refractivity contribution >= 4 is 17.1 Å². The fourth-order valence-corrected chi connectivity index (χ4v) is 3.70. The summed E-state index contributed by atoms with van der Waals surface area (Å²) < 4.78 is 0. The second-order valence-corrected chi connectivity index (χ2v) is 6.35. The van der Waals surface area contributed by atoms with Crippen LogP contribution in [-0.4, -0.2) is 30.3 Å². The van der Waals surface area contributed by atoms with E-state index in [0.717, 1.165) is 12.8 Å². The second-order valence-electron chi connectivity index (χ2n) is 5.57. The van der Waals surface area contributed by atoms with E-state index in [9.17, 15) is 4.79 Å². The number of carbonyl (C=O) groups excluding carboxylic acids is 1. The van der Waals surface area contributed by atoms with E-state index < -0.39 is 0 Å². The Balaban J connectivity index is 2.15. The third-order valence-electron chi connectivity index (χ3n) is 4.25. The van der Waals surface area contributed by atoms with Crippen LogP contribution in [0.5, 0.6) is 0 Å². The average molecular weight is 265 g/mol. The van der Waals surface area contributed by atoms with Crippen molar-refractivity contribution in [2.75, 3.05) is 14.1 Å². The molecule has 1 saturated carbocycles. The van der Waals surface area contributed by atoms with Gasteiger partial charge in [0.15, 0.2) is 5.78 Å². The standard InChI is InChI=1S/C15H23NOS/c1-16(2)15(8-5-3-4-6-9-15)14(17)11-13-7-10-18-12-13/h7,10,12H,3-6,8-9,11H2,1-2H3. The molecule has 0 bridgehead atoms. The van der Waals surface area contributed by atoms with Crippen LogP contribution in [0.1, 0.15) is 44.1 Å². The summed E-state index contributed by atoms with van der Waals surface area (Å²) >= 11 is 1.67. The van der Waals surface area contributed by atoms with E-state index in [-0.39, 0.29) is 5.54 Å². The van der Waals surface area contributed by atoms with Crippen molar-refractivity contribution in [3.05, 3.63) is 22.4 Å². The minimum atomic E-state index is -0.210. The van der Waals surface area contributed by atoms with Gasteiger partial charge in [0.05, 0.1) is 5.54 Å². The first-order chi connectivity index (χ1) is 8.65. The normalized spacial score (nSPS) is 19.7. The summed E-state index contributed by atoms with van der Waals surface area (Å²) in [5.74, 6) is 0.410. The summed E-state index contributed by atoms with van der Waals surface area (Å²) in [4.78, 5) is 14.9. The molecule has 1 aromatic heterocycles. The zero-order valence-corrected chi connectivity index (χ0v) is 12.3. The van der Waals surface area contributed by atoms with Gasteiger partial charge in [-0.15, -0.1) is 0 Å². The van der Waals surface area contributed by atoms with Crippen LogP contribution in [-0.2, 0) is 11.2 Å². The van der Waals surface area contributed by atoms with E-state index in [0.29, 0.717) is 12.2 Å². The summed E-state index contributed by atoms with van der Waals surface area (Å²) in [6.45, 7) is 0. The maximum Gasteiger partial charge on any atom is 0.157 e. The van der Waals surface area contributed by atoms with E-state index in [1.165, 1.54) is 31.2 Å². The van der Waals surface area contributed by atoms with Gasteiger partial charge in [-0.25, -0.2) is 0 Å². The van der Waals surface area contributed by atoms with Gasteiger partial charge < -0.3 is 0 Å². The number of carbonyl (C=O) groups is 1. The maximum absolute atomic E-state index is 12.7. The Hall–Kier alpha value is -0.670. The molecule has 0 atom stereocenters. The van der Waals surface area contributed by atoms with Crippen LogP contribution in [0.2, 0.25) is 0 Å². The quantitative estimate of drug-likeness (QED) is 0.776. The highest BCUT2D eigenvalue weighted by molar-refractivity contribution is 7.08. The van der Waals surface area contributed by atoms with Crippen molar-refractivity contribution in [3.8, 4) is 0 Å². The first kappa shape index (κ1) is 13.8. The summed E-state index contributed by atoms with van der Waals surface area (Å²) in [7, 11) is 4.13. The molecule has 0 radical (unpaired) electrons. The predicted octanol–water partition coefficient (Wildman–Crippen LogP) is 3.51. The molecule has 1 heterocycles. The van der Waals surface area contributed by atoms with Gasteiger partial charge in [0.1, 0.15) is 0 Å². The van der Waals surface area contributed by atoms with Gasteiger partial charge >= 0.3 is 0 Å². The van der Waals surface area contributed by atoms with Crippen LogP contribution < -0.4 is 0 Å². The lowest BCUT2D eigenvalue weighted by Crippen LogP contribution is -2.51. The van der Waals surface area contributed by atoms with E-state index in [1.807, 2.05) is 0 Å². The zero-order valence-electron chi connectivity index (χ0n) is 11.4. The molecule has 0 amide bonds. The molecule has 0 saturated heterocycles. The van der Waals surface area contributed by atoms with Crippen LogP contribution >= 0.6 is 11.3 Å². The van der Waals surface area contributed by atoms with E-state index in [1.54, 1.807) is 11.3 Å². The summed E-state index contributed by atoms with van der Waals surface area (Å²) in [6, 6.07) is 2.07. The average Bonchev–Trinajstić information content (AvgIpc) is 2.70. The lowest BCUT2D eigenvalue weighted by molar-refractivity contribution is -0.130. The molecule has 0 N–H and O–H groups in total. The molecule has 2 nitrogen and oxygen atoms in total. The van der Waals surface area contributed by atoms with Crippen molar-refractivity contribution in [2.24, 2.45) is 0 Å². The Kier molecular flexibility index (Phi) is 4.57. The SMILES string of the molecule is CN(C)C1(C(=O)Cc2ccsc2)CCCCCC1. The van der Waals surface area contributed by atoms with Crippen molar-refractivity contribution in [3.63, 3.8) is 0 Å². The number of Topliss-reactive ketones (excluding diaryl/α,β-unsaturated/α-hetero) is 1. The van der Waals surface area contributed by atoms with Gasteiger partial charge in [0.2, 0.25) is 0 Å². The summed E-state index contributed by atoms with van der Waals surface area (Å²) in [5, 5.41) is 4.15.